The number of aliphatic hydroxyl groups excluding tert-OH is 1. The summed E-state index contributed by atoms with van der Waals surface area (Å²) in [4.78, 5) is 0. The Hall–Kier alpha value is -0.430. The van der Waals surface area contributed by atoms with E-state index in [-0.39, 0.29) is 16.9 Å². The quantitative estimate of drug-likeness (QED) is 0.574. The van der Waals surface area contributed by atoms with E-state index in [0.29, 0.717) is 30.6 Å². The molecule has 0 aromatic rings. The van der Waals surface area contributed by atoms with Crippen LogP contribution in [0.25, 0.3) is 0 Å². The van der Waals surface area contributed by atoms with E-state index < -0.39 is 16.5 Å². The highest BCUT2D eigenvalue weighted by molar-refractivity contribution is 7.80. The van der Waals surface area contributed by atoms with E-state index in [4.69, 9.17) is 8.74 Å². The van der Waals surface area contributed by atoms with Gasteiger partial charge in [-0.15, -0.1) is 0 Å². The van der Waals surface area contributed by atoms with Crippen LogP contribution >= 0.6 is 0 Å². The van der Waals surface area contributed by atoms with Crippen LogP contribution in [0, 0.1) is 28.6 Å². The molecule has 7 atom stereocenters. The summed E-state index contributed by atoms with van der Waals surface area (Å²) in [5, 5.41) is 10.5. The van der Waals surface area contributed by atoms with Crippen molar-refractivity contribution in [3.63, 3.8) is 0 Å². The third-order valence-electron chi connectivity index (χ3n) is 8.27. The number of rotatable bonds is 2. The summed E-state index contributed by atoms with van der Waals surface area (Å²) in [6, 6.07) is 0. The largest absolute Gasteiger partial charge is 0.397 e. The van der Waals surface area contributed by atoms with Gasteiger partial charge in [-0.1, -0.05) is 25.5 Å². The minimum atomic E-state index is -4.39. The highest BCUT2D eigenvalue weighted by atomic mass is 32.3. The van der Waals surface area contributed by atoms with Crippen molar-refractivity contribution in [2.75, 3.05) is 0 Å². The van der Waals surface area contributed by atoms with Crippen LogP contribution in [-0.2, 0) is 14.6 Å². The molecule has 0 heterocycles. The summed E-state index contributed by atoms with van der Waals surface area (Å²) in [6.07, 6.45) is 9.23. The van der Waals surface area contributed by atoms with E-state index in [1.807, 2.05) is 0 Å². The molecular weight excluding hydrogens is 340 g/mol. The molecule has 3 saturated carbocycles. The second-order valence-electron chi connectivity index (χ2n) is 9.29. The minimum Gasteiger partial charge on any atom is -0.393 e. The lowest BCUT2D eigenvalue weighted by molar-refractivity contribution is -0.0703. The van der Waals surface area contributed by atoms with Crippen molar-refractivity contribution in [2.45, 2.75) is 77.4 Å². The number of hydrogen-bond donors (Lipinski definition) is 2. The van der Waals surface area contributed by atoms with Gasteiger partial charge in [0.25, 0.3) is 0 Å². The fourth-order valence-electron chi connectivity index (χ4n) is 6.85. The van der Waals surface area contributed by atoms with Crippen molar-refractivity contribution in [3.8, 4) is 0 Å². The van der Waals surface area contributed by atoms with Gasteiger partial charge in [0.15, 0.2) is 0 Å². The molecule has 2 unspecified atom stereocenters. The van der Waals surface area contributed by atoms with Gasteiger partial charge in [0.1, 0.15) is 0 Å². The average molecular weight is 371 g/mol. The number of hydrogen-bond acceptors (Lipinski definition) is 4. The Balaban J connectivity index is 1.58. The summed E-state index contributed by atoms with van der Waals surface area (Å²) in [5.41, 5.74) is 1.50. The number of fused-ring (bicyclic) bond motifs is 5. The third-order valence-corrected chi connectivity index (χ3v) is 8.78. The Morgan fingerprint density at radius 2 is 1.88 bits per heavy atom. The van der Waals surface area contributed by atoms with Crippen LogP contribution in [0.5, 0.6) is 0 Å². The zero-order chi connectivity index (χ0) is 18.0. The molecule has 2 N–H and O–H groups in total. The Labute approximate surface area is 150 Å². The maximum Gasteiger partial charge on any atom is 0.397 e. The molecule has 0 aliphatic heterocycles. The van der Waals surface area contributed by atoms with E-state index >= 15 is 0 Å². The Morgan fingerprint density at radius 1 is 1.12 bits per heavy atom. The van der Waals surface area contributed by atoms with Gasteiger partial charge in [0.2, 0.25) is 0 Å². The molecule has 5 nitrogen and oxygen atoms in total. The molecule has 0 bridgehead atoms. The van der Waals surface area contributed by atoms with Crippen LogP contribution in [0.3, 0.4) is 0 Å². The van der Waals surface area contributed by atoms with Crippen LogP contribution in [0.4, 0.5) is 0 Å². The van der Waals surface area contributed by atoms with Crippen LogP contribution in [0.15, 0.2) is 11.6 Å². The van der Waals surface area contributed by atoms with E-state index in [1.54, 1.807) is 0 Å². The number of allylic oxidation sites excluding steroid dienone is 1. The monoisotopic (exact) mass is 370 g/mol. The third kappa shape index (κ3) is 2.80. The summed E-state index contributed by atoms with van der Waals surface area (Å²) >= 11 is 0. The molecule has 6 heteroatoms. The molecule has 0 saturated heterocycles. The second-order valence-corrected chi connectivity index (χ2v) is 10.3. The molecule has 0 amide bonds. The maximum absolute atomic E-state index is 11.0. The predicted molar refractivity (Wildman–Crippen MR) is 94.1 cm³/mol. The molecule has 4 aliphatic rings. The van der Waals surface area contributed by atoms with Crippen molar-refractivity contribution < 1.29 is 22.3 Å². The molecule has 142 valence electrons. The van der Waals surface area contributed by atoms with Gasteiger partial charge in [-0.2, -0.15) is 8.42 Å². The van der Waals surface area contributed by atoms with Gasteiger partial charge in [0, 0.05) is 0 Å². The standard InChI is InChI=1S/C19H30O5S/c1-18-9-7-13(24-25(21,22)23)11-12(18)3-4-14-15-5-6-17(20)19(15,2)10-8-16(14)18/h3,13-17,20H,4-11H2,1-2H3,(H,21,22,23)/t13?,14-,15-,16-,17?,18-,19-/m0/s1. The first-order chi connectivity index (χ1) is 11.6. The SMILES string of the molecule is C[C@]12CCC(OS(=O)(=O)O)CC1=CC[C@@H]1[C@@H]2CC[C@]2(C)C(O)CC[C@@H]12. The highest BCUT2D eigenvalue weighted by Crippen LogP contribution is 2.64. The fraction of sp³-hybridized carbons (Fsp3) is 0.895. The topological polar surface area (TPSA) is 83.8 Å². The first-order valence-electron chi connectivity index (χ1n) is 9.67. The van der Waals surface area contributed by atoms with Gasteiger partial charge in [-0.3, -0.25) is 4.55 Å². The van der Waals surface area contributed by atoms with Crippen molar-refractivity contribution in [2.24, 2.45) is 28.6 Å². The van der Waals surface area contributed by atoms with E-state index in [0.717, 1.165) is 38.5 Å². The van der Waals surface area contributed by atoms with Crippen LogP contribution in [0.1, 0.15) is 65.2 Å². The molecule has 3 fully saturated rings. The summed E-state index contributed by atoms with van der Waals surface area (Å²) < 4.78 is 35.9. The van der Waals surface area contributed by atoms with Gasteiger partial charge < -0.3 is 5.11 Å². The molecule has 0 aromatic carbocycles. The van der Waals surface area contributed by atoms with Gasteiger partial charge in [-0.05, 0) is 80.0 Å². The van der Waals surface area contributed by atoms with Crippen LogP contribution in [0.2, 0.25) is 0 Å². The summed E-state index contributed by atoms with van der Waals surface area (Å²) in [7, 11) is -4.39. The Kier molecular flexibility index (Phi) is 4.15. The summed E-state index contributed by atoms with van der Waals surface area (Å²) in [6.45, 7) is 4.62. The minimum absolute atomic E-state index is 0.0775. The lowest BCUT2D eigenvalue weighted by Gasteiger charge is -2.57. The van der Waals surface area contributed by atoms with E-state index in [9.17, 15) is 13.5 Å². The highest BCUT2D eigenvalue weighted by Gasteiger charge is 2.58. The van der Waals surface area contributed by atoms with Crippen molar-refractivity contribution in [3.05, 3.63) is 11.6 Å². The smallest absolute Gasteiger partial charge is 0.393 e. The maximum atomic E-state index is 11.0. The van der Waals surface area contributed by atoms with Crippen molar-refractivity contribution in [1.29, 1.82) is 0 Å². The molecule has 4 aliphatic carbocycles. The molecule has 0 radical (unpaired) electrons. The zero-order valence-corrected chi connectivity index (χ0v) is 16.0. The molecule has 0 aromatic heterocycles. The van der Waals surface area contributed by atoms with E-state index in [1.165, 1.54) is 5.57 Å². The van der Waals surface area contributed by atoms with Gasteiger partial charge in [0.05, 0.1) is 12.2 Å². The van der Waals surface area contributed by atoms with Crippen LogP contribution in [-0.4, -0.2) is 30.3 Å². The van der Waals surface area contributed by atoms with Gasteiger partial charge in [-0.25, -0.2) is 4.18 Å². The lowest BCUT2D eigenvalue weighted by atomic mass is 9.48. The second kappa shape index (κ2) is 5.78. The Bertz CT molecular complexity index is 686. The first-order valence-corrected chi connectivity index (χ1v) is 11.0. The molecule has 4 rings (SSSR count). The van der Waals surface area contributed by atoms with Crippen LogP contribution < -0.4 is 0 Å². The van der Waals surface area contributed by atoms with Crippen molar-refractivity contribution >= 4 is 10.4 Å². The normalized spacial score (nSPS) is 49.8. The number of aliphatic hydroxyl groups is 1. The fourth-order valence-corrected chi connectivity index (χ4v) is 7.36. The average Bonchev–Trinajstić information content (AvgIpc) is 2.82. The zero-order valence-electron chi connectivity index (χ0n) is 15.1. The lowest BCUT2D eigenvalue weighted by Crippen LogP contribution is -2.51. The first kappa shape index (κ1) is 18.0. The van der Waals surface area contributed by atoms with Crippen molar-refractivity contribution in [1.82, 2.24) is 0 Å². The molecule has 0 spiro atoms. The predicted octanol–water partition coefficient (Wildman–Crippen LogP) is 3.50. The van der Waals surface area contributed by atoms with Gasteiger partial charge >= 0.3 is 10.4 Å². The molecular formula is C19H30O5S. The van der Waals surface area contributed by atoms with E-state index in [2.05, 4.69) is 19.9 Å². The summed E-state index contributed by atoms with van der Waals surface area (Å²) in [5.74, 6) is 1.84. The Morgan fingerprint density at radius 3 is 2.60 bits per heavy atom. The molecule has 25 heavy (non-hydrogen) atoms.